The fourth-order valence-corrected chi connectivity index (χ4v) is 1.82. The average Bonchev–Trinajstić information content (AvgIpc) is 2.40. The molecule has 0 saturated carbocycles. The first-order chi connectivity index (χ1) is 11.1. The zero-order chi connectivity index (χ0) is 18.3. The Morgan fingerprint density at radius 2 is 1.67 bits per heavy atom. The van der Waals surface area contributed by atoms with Gasteiger partial charge in [-0.25, -0.2) is 18.0 Å². The maximum Gasteiger partial charge on any atom is 0.407 e. The minimum atomic E-state index is -1.08. The lowest BCUT2D eigenvalue weighted by molar-refractivity contribution is 0.0527. The number of carbonyl (C=O) groups excluding carboxylic acids is 1. The van der Waals surface area contributed by atoms with E-state index in [2.05, 4.69) is 16.0 Å². The van der Waals surface area contributed by atoms with E-state index in [0.29, 0.717) is 31.6 Å². The van der Waals surface area contributed by atoms with Crippen molar-refractivity contribution in [3.63, 3.8) is 0 Å². The number of thiocarbonyl (C=S) groups is 1. The molecule has 24 heavy (non-hydrogen) atoms. The van der Waals surface area contributed by atoms with E-state index in [-0.39, 0.29) is 5.11 Å². The standard InChI is InChI=1S/C15H20F3N3O2S/c1-15(2,3)23-14(22)20-6-4-5-19-13(24)21-12-10(17)7-9(16)8-11(12)18/h7-8H,4-6H2,1-3H3,(H,20,22)(H2,19,21,24). The van der Waals surface area contributed by atoms with Gasteiger partial charge in [-0.3, -0.25) is 0 Å². The highest BCUT2D eigenvalue weighted by Gasteiger charge is 2.15. The fraction of sp³-hybridized carbons (Fsp3) is 0.467. The largest absolute Gasteiger partial charge is 0.444 e. The molecule has 0 unspecified atom stereocenters. The summed E-state index contributed by atoms with van der Waals surface area (Å²) < 4.78 is 44.8. The molecule has 1 rings (SSSR count). The second-order valence-corrected chi connectivity index (χ2v) is 6.32. The van der Waals surface area contributed by atoms with E-state index >= 15 is 0 Å². The van der Waals surface area contributed by atoms with Crippen LogP contribution in [-0.2, 0) is 4.74 Å². The summed E-state index contributed by atoms with van der Waals surface area (Å²) in [6, 6.07) is 1.11. The number of benzene rings is 1. The summed E-state index contributed by atoms with van der Waals surface area (Å²) in [4.78, 5) is 11.4. The van der Waals surface area contributed by atoms with Gasteiger partial charge in [0.15, 0.2) is 16.7 Å². The number of nitrogens with one attached hydrogen (secondary N) is 3. The zero-order valence-electron chi connectivity index (χ0n) is 13.6. The number of rotatable bonds is 5. The molecule has 0 aromatic heterocycles. The van der Waals surface area contributed by atoms with Gasteiger partial charge in [-0.05, 0) is 39.4 Å². The summed E-state index contributed by atoms with van der Waals surface area (Å²) in [5, 5.41) is 7.60. The minimum Gasteiger partial charge on any atom is -0.444 e. The molecule has 0 aliphatic carbocycles. The fourth-order valence-electron chi connectivity index (χ4n) is 1.61. The summed E-state index contributed by atoms with van der Waals surface area (Å²) in [5.41, 5.74) is -1.10. The minimum absolute atomic E-state index is 0.0170. The van der Waals surface area contributed by atoms with E-state index in [1.54, 1.807) is 20.8 Å². The van der Waals surface area contributed by atoms with Gasteiger partial charge in [-0.2, -0.15) is 0 Å². The van der Waals surface area contributed by atoms with E-state index < -0.39 is 34.8 Å². The first-order valence-corrected chi connectivity index (χ1v) is 7.65. The maximum atomic E-state index is 13.4. The Balaban J connectivity index is 2.29. The lowest BCUT2D eigenvalue weighted by atomic mass is 10.2. The Hall–Kier alpha value is -2.03. The first kappa shape index (κ1) is 20.0. The summed E-state index contributed by atoms with van der Waals surface area (Å²) >= 11 is 4.90. The number of halogens is 3. The number of amides is 1. The molecular weight excluding hydrogens is 343 g/mol. The van der Waals surface area contributed by atoms with Crippen molar-refractivity contribution in [2.45, 2.75) is 32.8 Å². The molecule has 0 radical (unpaired) electrons. The van der Waals surface area contributed by atoms with Crippen LogP contribution in [-0.4, -0.2) is 29.9 Å². The van der Waals surface area contributed by atoms with Crippen LogP contribution >= 0.6 is 12.2 Å². The van der Waals surface area contributed by atoms with Crippen LogP contribution in [0.4, 0.5) is 23.7 Å². The van der Waals surface area contributed by atoms with Gasteiger partial charge in [0.1, 0.15) is 17.1 Å². The number of anilines is 1. The van der Waals surface area contributed by atoms with Gasteiger partial charge in [0.25, 0.3) is 0 Å². The molecule has 1 amide bonds. The number of carbonyl (C=O) groups is 1. The van der Waals surface area contributed by atoms with Crippen molar-refractivity contribution >= 4 is 29.1 Å². The number of ether oxygens (including phenoxy) is 1. The topological polar surface area (TPSA) is 62.4 Å². The quantitative estimate of drug-likeness (QED) is 0.553. The lowest BCUT2D eigenvalue weighted by Crippen LogP contribution is -2.35. The molecule has 3 N–H and O–H groups in total. The third-order valence-corrected chi connectivity index (χ3v) is 2.80. The molecule has 0 spiro atoms. The van der Waals surface area contributed by atoms with Gasteiger partial charge in [-0.15, -0.1) is 0 Å². The van der Waals surface area contributed by atoms with Gasteiger partial charge in [0.05, 0.1) is 0 Å². The van der Waals surface area contributed by atoms with Crippen LogP contribution < -0.4 is 16.0 Å². The molecule has 0 fully saturated rings. The van der Waals surface area contributed by atoms with Crippen molar-refractivity contribution < 1.29 is 22.7 Å². The monoisotopic (exact) mass is 363 g/mol. The predicted octanol–water partition coefficient (Wildman–Crippen LogP) is 3.31. The second-order valence-electron chi connectivity index (χ2n) is 5.91. The Morgan fingerprint density at radius 3 is 2.21 bits per heavy atom. The van der Waals surface area contributed by atoms with Crippen LogP contribution in [0.25, 0.3) is 0 Å². The average molecular weight is 363 g/mol. The van der Waals surface area contributed by atoms with Gasteiger partial charge in [-0.1, -0.05) is 0 Å². The van der Waals surface area contributed by atoms with Crippen molar-refractivity contribution in [3.8, 4) is 0 Å². The van der Waals surface area contributed by atoms with Crippen LogP contribution in [0.1, 0.15) is 27.2 Å². The highest BCUT2D eigenvalue weighted by atomic mass is 32.1. The summed E-state index contributed by atoms with van der Waals surface area (Å²) in [5.74, 6) is -3.17. The van der Waals surface area contributed by atoms with Crippen LogP contribution in [0.5, 0.6) is 0 Å². The predicted molar refractivity (Wildman–Crippen MR) is 89.4 cm³/mol. The lowest BCUT2D eigenvalue weighted by Gasteiger charge is -2.19. The van der Waals surface area contributed by atoms with E-state index in [0.717, 1.165) is 0 Å². The molecule has 0 aliphatic rings. The molecular formula is C15H20F3N3O2S. The third kappa shape index (κ3) is 7.49. The maximum absolute atomic E-state index is 13.4. The van der Waals surface area contributed by atoms with Crippen molar-refractivity contribution in [2.75, 3.05) is 18.4 Å². The van der Waals surface area contributed by atoms with Crippen molar-refractivity contribution in [2.24, 2.45) is 0 Å². The molecule has 1 aromatic carbocycles. The molecule has 0 saturated heterocycles. The molecule has 134 valence electrons. The van der Waals surface area contributed by atoms with E-state index in [9.17, 15) is 18.0 Å². The molecule has 5 nitrogen and oxygen atoms in total. The highest BCUT2D eigenvalue weighted by Crippen LogP contribution is 2.19. The van der Waals surface area contributed by atoms with Gasteiger partial charge >= 0.3 is 6.09 Å². The first-order valence-electron chi connectivity index (χ1n) is 7.25. The normalized spacial score (nSPS) is 10.9. The van der Waals surface area contributed by atoms with Crippen LogP contribution in [0, 0.1) is 17.5 Å². The van der Waals surface area contributed by atoms with E-state index in [1.807, 2.05) is 0 Å². The number of hydrogen-bond donors (Lipinski definition) is 3. The number of alkyl carbamates (subject to hydrolysis) is 1. The number of hydrogen-bond acceptors (Lipinski definition) is 3. The summed E-state index contributed by atoms with van der Waals surface area (Å²) in [6.45, 7) is 5.96. The van der Waals surface area contributed by atoms with Crippen molar-refractivity contribution in [3.05, 3.63) is 29.6 Å². The van der Waals surface area contributed by atoms with E-state index in [4.69, 9.17) is 17.0 Å². The Bertz CT molecular complexity index is 583. The van der Waals surface area contributed by atoms with Crippen LogP contribution in [0.3, 0.4) is 0 Å². The van der Waals surface area contributed by atoms with Crippen LogP contribution in [0.2, 0.25) is 0 Å². The van der Waals surface area contributed by atoms with Crippen molar-refractivity contribution in [1.82, 2.24) is 10.6 Å². The third-order valence-electron chi connectivity index (χ3n) is 2.55. The Morgan fingerprint density at radius 1 is 1.12 bits per heavy atom. The summed E-state index contributed by atoms with van der Waals surface area (Å²) in [6.07, 6.45) is -0.0197. The molecule has 0 aliphatic heterocycles. The van der Waals surface area contributed by atoms with Gasteiger partial charge in [0.2, 0.25) is 0 Å². The molecule has 0 heterocycles. The zero-order valence-corrected chi connectivity index (χ0v) is 14.5. The highest BCUT2D eigenvalue weighted by molar-refractivity contribution is 7.80. The van der Waals surface area contributed by atoms with Gasteiger partial charge in [0, 0.05) is 25.2 Å². The Labute approximate surface area is 143 Å². The molecule has 0 atom stereocenters. The molecule has 1 aromatic rings. The second kappa shape index (κ2) is 8.72. The summed E-state index contributed by atoms with van der Waals surface area (Å²) in [7, 11) is 0. The van der Waals surface area contributed by atoms with Crippen LogP contribution in [0.15, 0.2) is 12.1 Å². The smallest absolute Gasteiger partial charge is 0.407 e. The Kier molecular flexibility index (Phi) is 7.27. The SMILES string of the molecule is CC(C)(C)OC(=O)NCCCNC(=S)Nc1c(F)cc(F)cc1F. The van der Waals surface area contributed by atoms with E-state index in [1.165, 1.54) is 0 Å². The van der Waals surface area contributed by atoms with Crippen molar-refractivity contribution in [1.29, 1.82) is 0 Å². The molecule has 0 bridgehead atoms. The van der Waals surface area contributed by atoms with Gasteiger partial charge < -0.3 is 20.7 Å². The molecule has 9 heteroatoms.